The fourth-order valence-electron chi connectivity index (χ4n) is 3.50. The van der Waals surface area contributed by atoms with Crippen molar-refractivity contribution in [2.45, 2.75) is 25.7 Å². The monoisotopic (exact) mass is 394 g/mol. The van der Waals surface area contributed by atoms with E-state index in [0.29, 0.717) is 44.6 Å². The van der Waals surface area contributed by atoms with Crippen molar-refractivity contribution >= 4 is 33.4 Å². The summed E-state index contributed by atoms with van der Waals surface area (Å²) in [5, 5.41) is 2.91. The minimum atomic E-state index is -3.43. The molecule has 2 amide bonds. The Labute approximate surface area is 160 Å². The SMILES string of the molecule is CN(C)S(=O)(=O)N1CCC(C(=O)Nc2cccc(N3CCCC3=O)c2)CC1. The van der Waals surface area contributed by atoms with E-state index in [4.69, 9.17) is 0 Å². The molecule has 2 aliphatic rings. The van der Waals surface area contributed by atoms with Crippen LogP contribution in [0.3, 0.4) is 0 Å². The maximum atomic E-state index is 12.6. The number of hydrogen-bond donors (Lipinski definition) is 1. The maximum Gasteiger partial charge on any atom is 0.281 e. The number of nitrogens with zero attached hydrogens (tertiary/aromatic N) is 3. The molecule has 3 rings (SSSR count). The van der Waals surface area contributed by atoms with Gasteiger partial charge in [-0.2, -0.15) is 17.0 Å². The predicted octanol–water partition coefficient (Wildman–Crippen LogP) is 1.27. The maximum absolute atomic E-state index is 12.6. The second-order valence-electron chi connectivity index (χ2n) is 7.15. The molecule has 2 saturated heterocycles. The van der Waals surface area contributed by atoms with Gasteiger partial charge in [0.15, 0.2) is 0 Å². The molecule has 0 spiro atoms. The molecule has 1 aromatic carbocycles. The standard InChI is InChI=1S/C18H26N4O4S/c1-20(2)27(25,26)21-11-8-14(9-12-21)18(24)19-15-5-3-6-16(13-15)22-10-4-7-17(22)23/h3,5-6,13-14H,4,7-12H2,1-2H3,(H,19,24). The molecule has 2 aliphatic heterocycles. The van der Waals surface area contributed by atoms with E-state index in [-0.39, 0.29) is 17.7 Å². The zero-order valence-corrected chi connectivity index (χ0v) is 16.5. The van der Waals surface area contributed by atoms with Crippen LogP contribution < -0.4 is 10.2 Å². The van der Waals surface area contributed by atoms with Gasteiger partial charge in [-0.25, -0.2) is 0 Å². The third-order valence-electron chi connectivity index (χ3n) is 5.11. The summed E-state index contributed by atoms with van der Waals surface area (Å²) in [4.78, 5) is 26.2. The van der Waals surface area contributed by atoms with Gasteiger partial charge in [-0.3, -0.25) is 9.59 Å². The number of hydrogen-bond acceptors (Lipinski definition) is 4. The van der Waals surface area contributed by atoms with Crippen LogP contribution in [-0.4, -0.2) is 62.6 Å². The zero-order valence-electron chi connectivity index (χ0n) is 15.7. The average molecular weight is 394 g/mol. The minimum absolute atomic E-state index is 0.105. The van der Waals surface area contributed by atoms with Crippen molar-refractivity contribution in [2.24, 2.45) is 5.92 Å². The predicted molar refractivity (Wildman–Crippen MR) is 104 cm³/mol. The van der Waals surface area contributed by atoms with Gasteiger partial charge in [0, 0.05) is 57.4 Å². The van der Waals surface area contributed by atoms with Crippen LogP contribution in [0.2, 0.25) is 0 Å². The number of benzene rings is 1. The van der Waals surface area contributed by atoms with Gasteiger partial charge in [0.1, 0.15) is 0 Å². The molecule has 0 aliphatic carbocycles. The summed E-state index contributed by atoms with van der Waals surface area (Å²) in [7, 11) is -0.418. The van der Waals surface area contributed by atoms with E-state index in [1.807, 2.05) is 18.2 Å². The summed E-state index contributed by atoms with van der Waals surface area (Å²) in [6.45, 7) is 1.37. The van der Waals surface area contributed by atoms with Crippen LogP contribution in [0.25, 0.3) is 0 Å². The van der Waals surface area contributed by atoms with Crippen LogP contribution in [-0.2, 0) is 19.8 Å². The van der Waals surface area contributed by atoms with Crippen molar-refractivity contribution in [2.75, 3.05) is 43.9 Å². The molecule has 1 aromatic rings. The van der Waals surface area contributed by atoms with Gasteiger partial charge in [0.25, 0.3) is 10.2 Å². The highest BCUT2D eigenvalue weighted by Gasteiger charge is 2.32. The number of amides is 2. The number of carbonyl (C=O) groups excluding carboxylic acids is 2. The average Bonchev–Trinajstić information content (AvgIpc) is 3.08. The van der Waals surface area contributed by atoms with Crippen molar-refractivity contribution in [3.05, 3.63) is 24.3 Å². The van der Waals surface area contributed by atoms with Gasteiger partial charge in [0.2, 0.25) is 11.8 Å². The van der Waals surface area contributed by atoms with Crippen molar-refractivity contribution in [1.29, 1.82) is 0 Å². The summed E-state index contributed by atoms with van der Waals surface area (Å²) in [5.41, 5.74) is 1.45. The summed E-state index contributed by atoms with van der Waals surface area (Å²) >= 11 is 0. The molecule has 0 atom stereocenters. The van der Waals surface area contributed by atoms with E-state index in [0.717, 1.165) is 12.1 Å². The van der Waals surface area contributed by atoms with Gasteiger partial charge in [-0.15, -0.1) is 0 Å². The Bertz CT molecular complexity index is 816. The molecule has 2 fully saturated rings. The van der Waals surface area contributed by atoms with E-state index in [1.165, 1.54) is 22.7 Å². The lowest BCUT2D eigenvalue weighted by molar-refractivity contribution is -0.121. The van der Waals surface area contributed by atoms with E-state index in [9.17, 15) is 18.0 Å². The normalized spacial score (nSPS) is 19.7. The minimum Gasteiger partial charge on any atom is -0.326 e. The second-order valence-corrected chi connectivity index (χ2v) is 9.29. The third-order valence-corrected chi connectivity index (χ3v) is 7.05. The van der Waals surface area contributed by atoms with Crippen LogP contribution in [0.1, 0.15) is 25.7 Å². The van der Waals surface area contributed by atoms with Gasteiger partial charge < -0.3 is 10.2 Å². The summed E-state index contributed by atoms with van der Waals surface area (Å²) in [6, 6.07) is 7.30. The number of anilines is 2. The van der Waals surface area contributed by atoms with E-state index >= 15 is 0 Å². The van der Waals surface area contributed by atoms with Crippen molar-refractivity contribution in [3.63, 3.8) is 0 Å². The van der Waals surface area contributed by atoms with Crippen LogP contribution in [0.5, 0.6) is 0 Å². The Balaban J connectivity index is 1.60. The smallest absolute Gasteiger partial charge is 0.281 e. The molecule has 0 saturated carbocycles. The number of carbonyl (C=O) groups is 2. The fourth-order valence-corrected chi connectivity index (χ4v) is 4.63. The molecule has 2 heterocycles. The Morgan fingerprint density at radius 2 is 1.89 bits per heavy atom. The van der Waals surface area contributed by atoms with Crippen molar-refractivity contribution < 1.29 is 18.0 Å². The van der Waals surface area contributed by atoms with Gasteiger partial charge in [0.05, 0.1) is 0 Å². The first-order valence-electron chi connectivity index (χ1n) is 9.18. The summed E-state index contributed by atoms with van der Waals surface area (Å²) in [6.07, 6.45) is 2.39. The molecule has 148 valence electrons. The van der Waals surface area contributed by atoms with Crippen molar-refractivity contribution in [1.82, 2.24) is 8.61 Å². The molecule has 9 heteroatoms. The lowest BCUT2D eigenvalue weighted by Crippen LogP contribution is -2.46. The number of piperidine rings is 1. The van der Waals surface area contributed by atoms with Crippen LogP contribution >= 0.6 is 0 Å². The van der Waals surface area contributed by atoms with Crippen molar-refractivity contribution in [3.8, 4) is 0 Å². The first-order chi connectivity index (χ1) is 12.8. The molecule has 0 bridgehead atoms. The van der Waals surface area contributed by atoms with E-state index in [2.05, 4.69) is 5.32 Å². The van der Waals surface area contributed by atoms with E-state index in [1.54, 1.807) is 11.0 Å². The second kappa shape index (κ2) is 7.95. The third kappa shape index (κ3) is 4.31. The molecular weight excluding hydrogens is 368 g/mol. The Morgan fingerprint density at radius 1 is 1.19 bits per heavy atom. The Hall–Kier alpha value is -1.97. The van der Waals surface area contributed by atoms with Crippen LogP contribution in [0.4, 0.5) is 11.4 Å². The van der Waals surface area contributed by atoms with Crippen LogP contribution in [0, 0.1) is 5.92 Å². The fraction of sp³-hybridized carbons (Fsp3) is 0.556. The quantitative estimate of drug-likeness (QED) is 0.814. The Kier molecular flexibility index (Phi) is 5.83. The highest BCUT2D eigenvalue weighted by molar-refractivity contribution is 7.86. The van der Waals surface area contributed by atoms with Gasteiger partial charge in [-0.1, -0.05) is 6.07 Å². The topological polar surface area (TPSA) is 90.0 Å². The first kappa shape index (κ1) is 19.8. The molecule has 0 aromatic heterocycles. The summed E-state index contributed by atoms with van der Waals surface area (Å²) in [5.74, 6) is -0.231. The lowest BCUT2D eigenvalue weighted by Gasteiger charge is -2.32. The number of nitrogens with one attached hydrogen (secondary N) is 1. The largest absolute Gasteiger partial charge is 0.326 e. The number of rotatable bonds is 5. The highest BCUT2D eigenvalue weighted by atomic mass is 32.2. The molecule has 0 unspecified atom stereocenters. The first-order valence-corrected chi connectivity index (χ1v) is 10.6. The summed E-state index contributed by atoms with van der Waals surface area (Å²) < 4.78 is 26.9. The molecule has 0 radical (unpaired) electrons. The molecule has 1 N–H and O–H groups in total. The van der Waals surface area contributed by atoms with Gasteiger partial charge >= 0.3 is 0 Å². The Morgan fingerprint density at radius 3 is 2.48 bits per heavy atom. The molecule has 27 heavy (non-hydrogen) atoms. The zero-order chi connectivity index (χ0) is 19.6. The van der Waals surface area contributed by atoms with Crippen LogP contribution in [0.15, 0.2) is 24.3 Å². The molecular formula is C18H26N4O4S. The molecule has 8 nitrogen and oxygen atoms in total. The lowest BCUT2D eigenvalue weighted by atomic mass is 9.97. The van der Waals surface area contributed by atoms with Gasteiger partial charge in [-0.05, 0) is 37.5 Å². The highest BCUT2D eigenvalue weighted by Crippen LogP contribution is 2.26. The van der Waals surface area contributed by atoms with E-state index < -0.39 is 10.2 Å².